The van der Waals surface area contributed by atoms with E-state index in [1.165, 1.54) is 36.2 Å². The lowest BCUT2D eigenvalue weighted by molar-refractivity contribution is 0.0705. The highest BCUT2D eigenvalue weighted by Crippen LogP contribution is 2.22. The molecule has 0 radical (unpaired) electrons. The van der Waals surface area contributed by atoms with E-state index < -0.39 is 21.6 Å². The predicted molar refractivity (Wildman–Crippen MR) is 81.0 cm³/mol. The molecule has 2 aromatic rings. The molecule has 0 saturated carbocycles. The second-order valence-corrected chi connectivity index (χ2v) is 7.79. The first-order valence-corrected chi connectivity index (χ1v) is 8.88. The van der Waals surface area contributed by atoms with Crippen LogP contribution < -0.4 is 0 Å². The zero-order valence-corrected chi connectivity index (χ0v) is 13.2. The smallest absolute Gasteiger partial charge is 0.292 e. The molecule has 122 valence electrons. The molecule has 1 aliphatic heterocycles. The summed E-state index contributed by atoms with van der Waals surface area (Å²) < 4.78 is 41.3. The van der Waals surface area contributed by atoms with Crippen molar-refractivity contribution in [2.24, 2.45) is 0 Å². The first-order valence-electron chi connectivity index (χ1n) is 7.06. The van der Waals surface area contributed by atoms with Crippen molar-refractivity contribution in [3.63, 3.8) is 0 Å². The van der Waals surface area contributed by atoms with Crippen LogP contribution in [0.15, 0.2) is 34.9 Å². The molecule has 0 unspecified atom stereocenters. The molecular weight excluding hydrogens is 323 g/mol. The first-order chi connectivity index (χ1) is 10.9. The lowest BCUT2D eigenvalue weighted by atomic mass is 10.1. The van der Waals surface area contributed by atoms with Gasteiger partial charge < -0.3 is 9.42 Å². The van der Waals surface area contributed by atoms with Gasteiger partial charge in [0.1, 0.15) is 11.5 Å². The highest BCUT2D eigenvalue weighted by molar-refractivity contribution is 7.91. The summed E-state index contributed by atoms with van der Waals surface area (Å²) in [5.41, 5.74) is 0.846. The molecular formula is C15H15FN2O4S. The molecule has 0 bridgehead atoms. The lowest BCUT2D eigenvalue weighted by Gasteiger charge is -2.21. The number of carbonyl (C=O) groups excluding carboxylic acids is 1. The van der Waals surface area contributed by atoms with E-state index in [-0.39, 0.29) is 23.3 Å². The van der Waals surface area contributed by atoms with Crippen LogP contribution in [0.1, 0.15) is 17.0 Å². The summed E-state index contributed by atoms with van der Waals surface area (Å²) in [6.45, 7) is 0. The number of hydrogen-bond acceptors (Lipinski definition) is 5. The van der Waals surface area contributed by atoms with Gasteiger partial charge in [0.15, 0.2) is 9.84 Å². The van der Waals surface area contributed by atoms with Gasteiger partial charge in [-0.2, -0.15) is 0 Å². The molecule has 1 saturated heterocycles. The minimum Gasteiger partial charge on any atom is -0.350 e. The second-order valence-electron chi connectivity index (χ2n) is 5.56. The largest absolute Gasteiger partial charge is 0.350 e. The van der Waals surface area contributed by atoms with Crippen molar-refractivity contribution < 1.29 is 22.1 Å². The highest BCUT2D eigenvalue weighted by atomic mass is 32.2. The Hall–Kier alpha value is -2.22. The third-order valence-corrected chi connectivity index (χ3v) is 5.67. The van der Waals surface area contributed by atoms with Crippen molar-refractivity contribution in [2.75, 3.05) is 18.6 Å². The van der Waals surface area contributed by atoms with E-state index in [4.69, 9.17) is 4.52 Å². The number of carbonyl (C=O) groups is 1. The van der Waals surface area contributed by atoms with Gasteiger partial charge in [-0.15, -0.1) is 0 Å². The summed E-state index contributed by atoms with van der Waals surface area (Å²) >= 11 is 0. The second kappa shape index (κ2) is 5.77. The van der Waals surface area contributed by atoms with Gasteiger partial charge in [0, 0.05) is 24.7 Å². The number of nitrogens with zero attached hydrogens (tertiary/aromatic N) is 2. The van der Waals surface area contributed by atoms with Crippen LogP contribution in [0.25, 0.3) is 11.3 Å². The van der Waals surface area contributed by atoms with E-state index in [1.54, 1.807) is 6.07 Å². The Bertz CT molecular complexity index is 847. The molecule has 3 rings (SSSR count). The van der Waals surface area contributed by atoms with E-state index in [2.05, 4.69) is 5.16 Å². The minimum absolute atomic E-state index is 0.00365. The fourth-order valence-electron chi connectivity index (χ4n) is 2.58. The van der Waals surface area contributed by atoms with Gasteiger partial charge in [-0.3, -0.25) is 4.79 Å². The summed E-state index contributed by atoms with van der Waals surface area (Å²) in [7, 11) is -1.54. The predicted octanol–water partition coefficient (Wildman–Crippen LogP) is 1.74. The molecule has 1 aliphatic rings. The fourth-order valence-corrected chi connectivity index (χ4v) is 4.35. The van der Waals surface area contributed by atoms with Gasteiger partial charge in [0.05, 0.1) is 11.5 Å². The maximum Gasteiger partial charge on any atom is 0.292 e. The van der Waals surface area contributed by atoms with Gasteiger partial charge in [-0.25, -0.2) is 12.8 Å². The highest BCUT2D eigenvalue weighted by Gasteiger charge is 2.34. The average Bonchev–Trinajstić information content (AvgIpc) is 3.12. The number of benzene rings is 1. The van der Waals surface area contributed by atoms with Gasteiger partial charge in [0.25, 0.3) is 5.91 Å². The maximum absolute atomic E-state index is 13.2. The van der Waals surface area contributed by atoms with Crippen molar-refractivity contribution in [2.45, 2.75) is 12.5 Å². The van der Waals surface area contributed by atoms with Crippen molar-refractivity contribution in [3.05, 3.63) is 41.9 Å². The summed E-state index contributed by atoms with van der Waals surface area (Å²) in [4.78, 5) is 13.7. The molecule has 23 heavy (non-hydrogen) atoms. The third kappa shape index (κ3) is 3.26. The molecule has 1 amide bonds. The van der Waals surface area contributed by atoms with Gasteiger partial charge in [0.2, 0.25) is 5.76 Å². The average molecular weight is 338 g/mol. The monoisotopic (exact) mass is 338 g/mol. The Morgan fingerprint density at radius 2 is 2.17 bits per heavy atom. The Balaban J connectivity index is 1.79. The van der Waals surface area contributed by atoms with Crippen molar-refractivity contribution in [3.8, 4) is 11.3 Å². The Morgan fingerprint density at radius 1 is 1.39 bits per heavy atom. The summed E-state index contributed by atoms with van der Waals surface area (Å²) in [5, 5.41) is 3.78. The number of amides is 1. The minimum atomic E-state index is -3.08. The number of rotatable bonds is 3. The van der Waals surface area contributed by atoms with E-state index >= 15 is 0 Å². The zero-order valence-electron chi connectivity index (χ0n) is 12.4. The SMILES string of the molecule is CN(C(=O)c1cc(-c2cccc(F)c2)no1)[C@H]1CCS(=O)(=O)C1. The van der Waals surface area contributed by atoms with Crippen LogP contribution in [-0.2, 0) is 9.84 Å². The maximum atomic E-state index is 13.2. The van der Waals surface area contributed by atoms with Crippen LogP contribution in [0.5, 0.6) is 0 Å². The van der Waals surface area contributed by atoms with E-state index in [0.29, 0.717) is 17.7 Å². The molecule has 1 fully saturated rings. The number of halogens is 1. The van der Waals surface area contributed by atoms with Gasteiger partial charge in [-0.05, 0) is 18.6 Å². The van der Waals surface area contributed by atoms with Crippen LogP contribution in [0.4, 0.5) is 4.39 Å². The Morgan fingerprint density at radius 3 is 2.83 bits per heavy atom. The zero-order chi connectivity index (χ0) is 16.6. The molecule has 2 heterocycles. The van der Waals surface area contributed by atoms with E-state index in [0.717, 1.165) is 0 Å². The molecule has 0 spiro atoms. The van der Waals surface area contributed by atoms with Crippen molar-refractivity contribution >= 4 is 15.7 Å². The Labute approximate surface area is 132 Å². The van der Waals surface area contributed by atoms with E-state index in [1.807, 2.05) is 0 Å². The Kier molecular flexibility index (Phi) is 3.93. The van der Waals surface area contributed by atoms with Crippen LogP contribution in [-0.4, -0.2) is 49.0 Å². The number of sulfone groups is 1. The van der Waals surface area contributed by atoms with Gasteiger partial charge in [-0.1, -0.05) is 17.3 Å². The standard InChI is InChI=1S/C15H15FN2O4S/c1-18(12-5-6-23(20,21)9-12)15(19)14-8-13(17-22-14)10-3-2-4-11(16)7-10/h2-4,7-8,12H,5-6,9H2,1H3/t12-/m0/s1. The lowest BCUT2D eigenvalue weighted by Crippen LogP contribution is -2.37. The van der Waals surface area contributed by atoms with E-state index in [9.17, 15) is 17.6 Å². The van der Waals surface area contributed by atoms with Crippen LogP contribution >= 0.6 is 0 Å². The third-order valence-electron chi connectivity index (χ3n) is 3.92. The topological polar surface area (TPSA) is 80.5 Å². The molecule has 1 aromatic carbocycles. The molecule has 8 heteroatoms. The van der Waals surface area contributed by atoms with Crippen molar-refractivity contribution in [1.29, 1.82) is 0 Å². The fraction of sp³-hybridized carbons (Fsp3) is 0.333. The molecule has 0 N–H and O–H groups in total. The summed E-state index contributed by atoms with van der Waals surface area (Å²) in [5.74, 6) is -0.814. The van der Waals surface area contributed by atoms with Gasteiger partial charge >= 0.3 is 0 Å². The molecule has 6 nitrogen and oxygen atoms in total. The quantitative estimate of drug-likeness (QED) is 0.851. The van der Waals surface area contributed by atoms with Crippen LogP contribution in [0.2, 0.25) is 0 Å². The first kappa shape index (κ1) is 15.7. The molecule has 1 aromatic heterocycles. The number of hydrogen-bond donors (Lipinski definition) is 0. The summed E-state index contributed by atoms with van der Waals surface area (Å²) in [6.07, 6.45) is 0.412. The molecule has 0 aliphatic carbocycles. The van der Waals surface area contributed by atoms with Crippen LogP contribution in [0.3, 0.4) is 0 Å². The van der Waals surface area contributed by atoms with Crippen molar-refractivity contribution in [1.82, 2.24) is 10.1 Å². The molecule has 1 atom stereocenters. The number of aromatic nitrogens is 1. The summed E-state index contributed by atoms with van der Waals surface area (Å²) in [6, 6.07) is 6.86. The normalized spacial score (nSPS) is 19.7. The van der Waals surface area contributed by atoms with Crippen LogP contribution in [0, 0.1) is 5.82 Å².